The lowest BCUT2D eigenvalue weighted by atomic mass is 10.0. The third-order valence-electron chi connectivity index (χ3n) is 4.16. The largest absolute Gasteiger partial charge is 0.462 e. The van der Waals surface area contributed by atoms with Crippen molar-refractivity contribution in [1.29, 1.82) is 0 Å². The minimum Gasteiger partial charge on any atom is -0.462 e. The maximum atomic E-state index is 12.7. The van der Waals surface area contributed by atoms with E-state index in [-0.39, 0.29) is 17.0 Å². The summed E-state index contributed by atoms with van der Waals surface area (Å²) in [4.78, 5) is 24.5. The molecule has 0 radical (unpaired) electrons. The molecule has 148 valence electrons. The van der Waals surface area contributed by atoms with E-state index >= 15 is 0 Å². The van der Waals surface area contributed by atoms with Crippen molar-refractivity contribution in [1.82, 2.24) is 5.32 Å². The number of nitrogens with one attached hydrogen (secondary N) is 2. The van der Waals surface area contributed by atoms with E-state index in [0.717, 1.165) is 21.7 Å². The number of fused-ring (bicyclic) bond motifs is 1. The van der Waals surface area contributed by atoms with Gasteiger partial charge >= 0.3 is 5.97 Å². The minimum absolute atomic E-state index is 0.170. The first-order chi connectivity index (χ1) is 14.0. The fourth-order valence-electron chi connectivity index (χ4n) is 2.77. The second-order valence-corrected chi connectivity index (χ2v) is 7.52. The van der Waals surface area contributed by atoms with Crippen molar-refractivity contribution < 1.29 is 14.3 Å². The predicted octanol–water partition coefficient (Wildman–Crippen LogP) is 5.30. The van der Waals surface area contributed by atoms with Crippen LogP contribution in [0.3, 0.4) is 0 Å². The first-order valence-corrected chi connectivity index (χ1v) is 10.3. The van der Waals surface area contributed by atoms with Crippen LogP contribution < -0.4 is 10.6 Å². The monoisotopic (exact) mass is 470 g/mol. The summed E-state index contributed by atoms with van der Waals surface area (Å²) >= 11 is 8.76. The van der Waals surface area contributed by atoms with E-state index < -0.39 is 0 Å². The van der Waals surface area contributed by atoms with Crippen LogP contribution in [-0.4, -0.2) is 23.6 Å². The molecular weight excluding hydrogens is 452 g/mol. The Kier molecular flexibility index (Phi) is 6.95. The summed E-state index contributed by atoms with van der Waals surface area (Å²) in [6.07, 6.45) is 0.771. The molecule has 3 aromatic rings. The summed E-state index contributed by atoms with van der Waals surface area (Å²) in [5, 5.41) is 7.59. The van der Waals surface area contributed by atoms with Crippen molar-refractivity contribution in [3.63, 3.8) is 0 Å². The van der Waals surface area contributed by atoms with Gasteiger partial charge in [-0.2, -0.15) is 0 Å². The fraction of sp³-hybridized carbons (Fsp3) is 0.136. The number of esters is 1. The van der Waals surface area contributed by atoms with Gasteiger partial charge < -0.3 is 10.1 Å². The van der Waals surface area contributed by atoms with Crippen molar-refractivity contribution in [3.8, 4) is 0 Å². The van der Waals surface area contributed by atoms with Crippen molar-refractivity contribution in [2.45, 2.75) is 13.3 Å². The van der Waals surface area contributed by atoms with Crippen molar-refractivity contribution in [2.75, 3.05) is 11.9 Å². The van der Waals surface area contributed by atoms with Gasteiger partial charge in [0.2, 0.25) is 0 Å². The van der Waals surface area contributed by atoms with E-state index in [1.54, 1.807) is 30.3 Å². The van der Waals surface area contributed by atoms with E-state index in [0.29, 0.717) is 23.4 Å². The van der Waals surface area contributed by atoms with Gasteiger partial charge in [-0.25, -0.2) is 4.79 Å². The topological polar surface area (TPSA) is 67.4 Å². The zero-order chi connectivity index (χ0) is 20.8. The summed E-state index contributed by atoms with van der Waals surface area (Å²) in [5.41, 5.74) is 1.64. The van der Waals surface area contributed by atoms with Crippen LogP contribution in [0.2, 0.25) is 0 Å². The average Bonchev–Trinajstić information content (AvgIpc) is 2.72. The highest BCUT2D eigenvalue weighted by molar-refractivity contribution is 9.10. The smallest absolute Gasteiger partial charge is 0.338 e. The van der Waals surface area contributed by atoms with Gasteiger partial charge in [0.15, 0.2) is 5.11 Å². The second kappa shape index (κ2) is 9.62. The molecule has 29 heavy (non-hydrogen) atoms. The Morgan fingerprint density at radius 1 is 1.00 bits per heavy atom. The normalized spacial score (nSPS) is 10.4. The zero-order valence-corrected chi connectivity index (χ0v) is 18.1. The lowest BCUT2D eigenvalue weighted by molar-refractivity contribution is 0.0505. The van der Waals surface area contributed by atoms with Gasteiger partial charge in [-0.1, -0.05) is 47.1 Å². The van der Waals surface area contributed by atoms with E-state index in [2.05, 4.69) is 26.6 Å². The quantitative estimate of drug-likeness (QED) is 0.391. The lowest BCUT2D eigenvalue weighted by Gasteiger charge is -2.12. The van der Waals surface area contributed by atoms with Crippen LogP contribution >= 0.6 is 28.1 Å². The number of halogens is 1. The van der Waals surface area contributed by atoms with Gasteiger partial charge in [0.05, 0.1) is 12.2 Å². The van der Waals surface area contributed by atoms with Crippen LogP contribution in [0.5, 0.6) is 0 Å². The molecule has 0 unspecified atom stereocenters. The predicted molar refractivity (Wildman–Crippen MR) is 122 cm³/mol. The maximum absolute atomic E-state index is 12.7. The van der Waals surface area contributed by atoms with E-state index in [1.807, 2.05) is 37.3 Å². The Balaban J connectivity index is 1.66. The summed E-state index contributed by atoms with van der Waals surface area (Å²) in [5.74, 6) is -0.664. The number of thiocarbonyl (C=S) groups is 1. The number of benzene rings is 3. The number of amides is 1. The van der Waals surface area contributed by atoms with E-state index in [4.69, 9.17) is 17.0 Å². The molecule has 7 heteroatoms. The zero-order valence-electron chi connectivity index (χ0n) is 15.7. The first-order valence-electron chi connectivity index (χ1n) is 9.06. The van der Waals surface area contributed by atoms with Gasteiger partial charge in [-0.05, 0) is 65.8 Å². The molecule has 3 rings (SSSR count). The molecule has 2 N–H and O–H groups in total. The van der Waals surface area contributed by atoms with Crippen LogP contribution in [0.25, 0.3) is 10.8 Å². The molecule has 0 spiro atoms. The van der Waals surface area contributed by atoms with Gasteiger partial charge in [0.25, 0.3) is 5.91 Å². The number of rotatable bonds is 5. The molecule has 0 saturated heterocycles. The second-order valence-electron chi connectivity index (χ2n) is 6.26. The fourth-order valence-corrected chi connectivity index (χ4v) is 3.48. The number of hydrogen-bond donors (Lipinski definition) is 2. The molecule has 0 bridgehead atoms. The number of hydrogen-bond acceptors (Lipinski definition) is 4. The van der Waals surface area contributed by atoms with Crippen LogP contribution in [-0.2, 0) is 4.74 Å². The molecule has 5 nitrogen and oxygen atoms in total. The third-order valence-corrected chi connectivity index (χ3v) is 5.05. The van der Waals surface area contributed by atoms with Gasteiger partial charge in [-0.15, -0.1) is 0 Å². The molecule has 0 saturated carbocycles. The van der Waals surface area contributed by atoms with Gasteiger partial charge in [-0.3, -0.25) is 10.1 Å². The number of carbonyl (C=O) groups is 2. The summed E-state index contributed by atoms with van der Waals surface area (Å²) < 4.78 is 6.02. The molecule has 0 atom stereocenters. The number of carbonyl (C=O) groups excluding carboxylic acids is 2. The summed E-state index contributed by atoms with van der Waals surface area (Å²) in [6, 6.07) is 17.9. The van der Waals surface area contributed by atoms with Crippen LogP contribution in [0.4, 0.5) is 5.69 Å². The Morgan fingerprint density at radius 3 is 2.41 bits per heavy atom. The highest BCUT2D eigenvalue weighted by atomic mass is 79.9. The van der Waals surface area contributed by atoms with Crippen LogP contribution in [0, 0.1) is 0 Å². The Hall–Kier alpha value is -2.77. The van der Waals surface area contributed by atoms with E-state index in [9.17, 15) is 9.59 Å². The first kappa shape index (κ1) is 21.0. The average molecular weight is 471 g/mol. The molecular formula is C22H19BrN2O3S. The van der Waals surface area contributed by atoms with Crippen molar-refractivity contribution >= 4 is 61.6 Å². The lowest BCUT2D eigenvalue weighted by Crippen LogP contribution is -2.34. The molecule has 0 fully saturated rings. The summed E-state index contributed by atoms with van der Waals surface area (Å²) in [6.45, 7) is 2.33. The molecule has 0 aliphatic carbocycles. The molecule has 3 aromatic carbocycles. The van der Waals surface area contributed by atoms with Gasteiger partial charge in [0.1, 0.15) is 0 Å². The third kappa shape index (κ3) is 5.19. The number of anilines is 1. The molecule has 0 aliphatic rings. The highest BCUT2D eigenvalue weighted by Crippen LogP contribution is 2.26. The van der Waals surface area contributed by atoms with Crippen molar-refractivity contribution in [2.24, 2.45) is 0 Å². The SMILES string of the molecule is CCCOC(=O)c1ccc(NC(=S)NC(=O)c2cccc3c(Br)cccc23)cc1. The molecule has 0 aliphatic heterocycles. The standard InChI is InChI=1S/C22H19BrN2O3S/c1-2-13-28-21(27)14-9-11-15(12-10-14)24-22(29)25-20(26)18-7-3-6-17-16(18)5-4-8-19(17)23/h3-12H,2,13H2,1H3,(H2,24,25,26,29). The molecule has 0 aromatic heterocycles. The van der Waals surface area contributed by atoms with Gasteiger partial charge in [0, 0.05) is 15.7 Å². The maximum Gasteiger partial charge on any atom is 0.338 e. The molecule has 0 heterocycles. The summed E-state index contributed by atoms with van der Waals surface area (Å²) in [7, 11) is 0. The van der Waals surface area contributed by atoms with Crippen LogP contribution in [0.1, 0.15) is 34.1 Å². The minimum atomic E-state index is -0.364. The van der Waals surface area contributed by atoms with Crippen molar-refractivity contribution in [3.05, 3.63) is 76.3 Å². The highest BCUT2D eigenvalue weighted by Gasteiger charge is 2.13. The van der Waals surface area contributed by atoms with E-state index in [1.165, 1.54) is 0 Å². The Labute approximate surface area is 182 Å². The number of ether oxygens (including phenoxy) is 1. The Morgan fingerprint density at radius 2 is 1.69 bits per heavy atom. The Bertz CT molecular complexity index is 1070. The van der Waals surface area contributed by atoms with Crippen LogP contribution in [0.15, 0.2) is 65.1 Å². The molecule has 1 amide bonds.